The molecule has 0 bridgehead atoms. The lowest BCUT2D eigenvalue weighted by atomic mass is 9.61. The maximum absolute atomic E-state index is 7.01. The van der Waals surface area contributed by atoms with Crippen LogP contribution in [0.15, 0.2) is 192 Å². The fraction of sp³-hybridized carbons (Fsp3) is 0. The second-order valence-corrected chi connectivity index (χ2v) is 17.4. The number of aromatic nitrogens is 1. The zero-order chi connectivity index (χ0) is 43.2. The molecule has 0 aliphatic rings. The van der Waals surface area contributed by atoms with E-state index in [-0.39, 0.29) is 0 Å². The fourth-order valence-electron chi connectivity index (χ4n) is 10.5. The number of nitrogens with zero attached hydrogens (tertiary/aromatic N) is 2. The van der Waals surface area contributed by atoms with Gasteiger partial charge in [0.2, 0.25) is 0 Å². The van der Waals surface area contributed by atoms with Crippen LogP contribution in [-0.2, 0) is 0 Å². The van der Waals surface area contributed by atoms with Crippen molar-refractivity contribution in [3.05, 3.63) is 188 Å². The number of anilines is 3. The molecule has 0 N–H and O–H groups in total. The summed E-state index contributed by atoms with van der Waals surface area (Å²) >= 11 is 0. The topological polar surface area (TPSA) is 21.3 Å². The van der Waals surface area contributed by atoms with E-state index in [9.17, 15) is 0 Å². The summed E-state index contributed by atoms with van der Waals surface area (Å²) in [7, 11) is 11.4. The van der Waals surface area contributed by atoms with Crippen molar-refractivity contribution in [2.45, 2.75) is 0 Å². The summed E-state index contributed by atoms with van der Waals surface area (Å²) in [4.78, 5) is 2.48. The Balaban J connectivity index is 1.16. The Kier molecular flexibility index (Phi) is 8.81. The fourth-order valence-corrected chi connectivity index (χ4v) is 10.5. The quantitative estimate of drug-likeness (QED) is 0.168. The molecular formula is C56H41B5N2O. The SMILES string of the molecule is Bc1c(B)c(B)c(-n2c3ccccc3c3c(N(c4ccc(-c5ccc6ccccc6c5)cc4)c4ccc(-c5cccc6ccccc56)c5oc6ccccc6c45)cccc32)c(B)c1B. The molecule has 0 unspecified atom stereocenters. The van der Waals surface area contributed by atoms with Crippen LogP contribution in [0.5, 0.6) is 0 Å². The Morgan fingerprint density at radius 1 is 0.391 bits per heavy atom. The van der Waals surface area contributed by atoms with Crippen LogP contribution < -0.4 is 32.2 Å². The van der Waals surface area contributed by atoms with Gasteiger partial charge in [-0.15, -0.1) is 5.46 Å². The van der Waals surface area contributed by atoms with Gasteiger partial charge in [-0.1, -0.05) is 155 Å². The molecule has 0 saturated heterocycles. The molecule has 12 rings (SSSR count). The average Bonchev–Trinajstić information content (AvgIpc) is 3.90. The van der Waals surface area contributed by atoms with E-state index in [0.717, 1.165) is 50.1 Å². The number of hydrogen-bond donors (Lipinski definition) is 0. The predicted molar refractivity (Wildman–Crippen MR) is 290 cm³/mol. The molecule has 12 aromatic rings. The van der Waals surface area contributed by atoms with E-state index in [1.807, 2.05) is 0 Å². The van der Waals surface area contributed by atoms with Crippen LogP contribution in [0.4, 0.5) is 17.1 Å². The van der Waals surface area contributed by atoms with E-state index in [4.69, 9.17) is 4.42 Å². The summed E-state index contributed by atoms with van der Waals surface area (Å²) < 4.78 is 9.53. The highest BCUT2D eigenvalue weighted by Crippen LogP contribution is 2.49. The number of para-hydroxylation sites is 2. The molecule has 10 aromatic carbocycles. The molecule has 64 heavy (non-hydrogen) atoms. The number of benzene rings is 10. The van der Waals surface area contributed by atoms with Crippen LogP contribution in [0.2, 0.25) is 0 Å². The third kappa shape index (κ3) is 5.75. The van der Waals surface area contributed by atoms with Crippen LogP contribution in [0.3, 0.4) is 0 Å². The van der Waals surface area contributed by atoms with Gasteiger partial charge in [0.05, 0.1) is 27.8 Å². The van der Waals surface area contributed by atoms with Gasteiger partial charge in [-0.05, 0) is 92.8 Å². The minimum Gasteiger partial charge on any atom is -0.455 e. The zero-order valence-corrected chi connectivity index (χ0v) is 36.7. The predicted octanol–water partition coefficient (Wildman–Crippen LogP) is 7.09. The first-order chi connectivity index (χ1) is 31.4. The molecule has 0 aliphatic heterocycles. The zero-order valence-electron chi connectivity index (χ0n) is 36.7. The highest BCUT2D eigenvalue weighted by Gasteiger charge is 2.27. The summed E-state index contributed by atoms with van der Waals surface area (Å²) in [6.07, 6.45) is 0. The van der Waals surface area contributed by atoms with E-state index in [1.165, 1.54) is 87.5 Å². The number of hydrogen-bond acceptors (Lipinski definition) is 2. The second kappa shape index (κ2) is 14.8. The van der Waals surface area contributed by atoms with Crippen LogP contribution in [0.1, 0.15) is 0 Å². The molecule has 8 heteroatoms. The Morgan fingerprint density at radius 3 is 1.78 bits per heavy atom. The van der Waals surface area contributed by atoms with Crippen molar-refractivity contribution in [1.82, 2.24) is 4.57 Å². The van der Waals surface area contributed by atoms with E-state index < -0.39 is 0 Å². The van der Waals surface area contributed by atoms with Crippen molar-refractivity contribution in [3.8, 4) is 27.9 Å². The third-order valence-electron chi connectivity index (χ3n) is 14.1. The first-order valence-corrected chi connectivity index (χ1v) is 22.3. The van der Waals surface area contributed by atoms with Crippen molar-refractivity contribution in [2.24, 2.45) is 0 Å². The van der Waals surface area contributed by atoms with Gasteiger partial charge in [0.15, 0.2) is 0 Å². The van der Waals surface area contributed by atoms with Crippen LogP contribution in [0.25, 0.3) is 93.2 Å². The van der Waals surface area contributed by atoms with Gasteiger partial charge in [-0.3, -0.25) is 0 Å². The van der Waals surface area contributed by atoms with Crippen molar-refractivity contribution in [3.63, 3.8) is 0 Å². The maximum atomic E-state index is 7.01. The lowest BCUT2D eigenvalue weighted by Gasteiger charge is -2.28. The molecular weight excluding hydrogens is 771 g/mol. The van der Waals surface area contributed by atoms with Gasteiger partial charge >= 0.3 is 0 Å². The van der Waals surface area contributed by atoms with Crippen molar-refractivity contribution in [1.29, 1.82) is 0 Å². The molecule has 0 amide bonds. The highest BCUT2D eigenvalue weighted by molar-refractivity contribution is 6.68. The van der Waals surface area contributed by atoms with E-state index in [2.05, 4.69) is 237 Å². The van der Waals surface area contributed by atoms with Crippen LogP contribution in [0, 0.1) is 0 Å². The number of furan rings is 1. The lowest BCUT2D eigenvalue weighted by Crippen LogP contribution is -2.56. The van der Waals surface area contributed by atoms with Crippen molar-refractivity contribution >= 4 is 149 Å². The van der Waals surface area contributed by atoms with Gasteiger partial charge in [0.25, 0.3) is 0 Å². The smallest absolute Gasteiger partial charge is 0.145 e. The number of fused-ring (bicyclic) bond motifs is 8. The maximum Gasteiger partial charge on any atom is 0.145 e. The first kappa shape index (κ1) is 38.1. The molecule has 0 spiro atoms. The molecule has 296 valence electrons. The highest BCUT2D eigenvalue weighted by atomic mass is 16.3. The van der Waals surface area contributed by atoms with Gasteiger partial charge in [0.1, 0.15) is 50.4 Å². The summed E-state index contributed by atoms with van der Waals surface area (Å²) in [6, 6.07) is 68.5. The Labute approximate surface area is 377 Å². The van der Waals surface area contributed by atoms with Crippen molar-refractivity contribution in [2.75, 3.05) is 4.90 Å². The van der Waals surface area contributed by atoms with Crippen molar-refractivity contribution < 1.29 is 4.42 Å². The average molecular weight is 812 g/mol. The normalized spacial score (nSPS) is 11.8. The Bertz CT molecular complexity index is 3840. The Morgan fingerprint density at radius 2 is 0.984 bits per heavy atom. The van der Waals surface area contributed by atoms with E-state index in [0.29, 0.717) is 0 Å². The minimum absolute atomic E-state index is 0.865. The lowest BCUT2D eigenvalue weighted by molar-refractivity contribution is 0.670. The largest absolute Gasteiger partial charge is 0.455 e. The van der Waals surface area contributed by atoms with Gasteiger partial charge in [-0.25, -0.2) is 0 Å². The molecule has 0 aliphatic carbocycles. The minimum atomic E-state index is 0.865. The molecule has 0 saturated carbocycles. The summed E-state index contributed by atoms with van der Waals surface area (Å²) in [5.41, 5.74) is 19.8. The summed E-state index contributed by atoms with van der Waals surface area (Å²) in [5, 5.41) is 9.45. The summed E-state index contributed by atoms with van der Waals surface area (Å²) in [6.45, 7) is 0. The molecule has 2 heterocycles. The van der Waals surface area contributed by atoms with Crippen LogP contribution >= 0.6 is 0 Å². The first-order valence-electron chi connectivity index (χ1n) is 22.3. The molecule has 0 atom stereocenters. The van der Waals surface area contributed by atoms with Gasteiger partial charge < -0.3 is 13.9 Å². The molecule has 0 fully saturated rings. The van der Waals surface area contributed by atoms with Gasteiger partial charge in [-0.2, -0.15) is 0 Å². The third-order valence-corrected chi connectivity index (χ3v) is 14.1. The Hall–Kier alpha value is -7.56. The standard InChI is InChI=1S/C56H41B5N2O/c57-50-51(58)53(60)55(54(61)52(50)59)63-43-19-7-5-16-41(43)48-44(20-10-21-45(48)63)62(37-27-25-33(26-28-37)36-24-23-32-11-1-2-13-35(32)31-36)46-30-29-40(39-18-9-14-34-12-3-4-15-38(34)39)56-49(46)42-17-6-8-22-47(42)64-56/h1-31H,57-61H2. The number of rotatable bonds is 6. The molecule has 3 nitrogen and oxygen atoms in total. The molecule has 2 aromatic heterocycles. The molecule has 0 radical (unpaired) electrons. The van der Waals surface area contributed by atoms with Crippen LogP contribution in [-0.4, -0.2) is 43.8 Å². The van der Waals surface area contributed by atoms with E-state index >= 15 is 0 Å². The summed E-state index contributed by atoms with van der Waals surface area (Å²) in [5.74, 6) is 0. The monoisotopic (exact) mass is 812 g/mol. The second-order valence-electron chi connectivity index (χ2n) is 17.4. The van der Waals surface area contributed by atoms with E-state index in [1.54, 1.807) is 0 Å². The van der Waals surface area contributed by atoms with Gasteiger partial charge in [0, 0.05) is 33.1 Å².